The molecule has 0 radical (unpaired) electrons. The quantitative estimate of drug-likeness (QED) is 0.703. The summed E-state index contributed by atoms with van der Waals surface area (Å²) in [5.74, 6) is -1.27. The van der Waals surface area contributed by atoms with Gasteiger partial charge in [0.25, 0.3) is 5.91 Å². The van der Waals surface area contributed by atoms with E-state index >= 15 is 0 Å². The number of hydrogen-bond acceptors (Lipinski definition) is 5. The molecule has 0 aliphatic heterocycles. The van der Waals surface area contributed by atoms with Crippen molar-refractivity contribution < 1.29 is 27.6 Å². The Kier molecular flexibility index (Phi) is 5.35. The Morgan fingerprint density at radius 2 is 2.04 bits per heavy atom. The molecular formula is C19H16F2N2O4. The Morgan fingerprint density at radius 1 is 1.22 bits per heavy atom. The number of hydrogen-bond donors (Lipinski definition) is 1. The summed E-state index contributed by atoms with van der Waals surface area (Å²) in [4.78, 5) is 12.5. The summed E-state index contributed by atoms with van der Waals surface area (Å²) in [6.45, 7) is 1.44. The predicted molar refractivity (Wildman–Crippen MR) is 92.9 cm³/mol. The van der Waals surface area contributed by atoms with Crippen LogP contribution in [0.3, 0.4) is 0 Å². The highest BCUT2D eigenvalue weighted by Gasteiger charge is 2.21. The zero-order valence-corrected chi connectivity index (χ0v) is 14.6. The summed E-state index contributed by atoms with van der Waals surface area (Å²) in [5.41, 5.74) is 0.883. The van der Waals surface area contributed by atoms with Crippen LogP contribution in [-0.2, 0) is 6.61 Å². The number of amides is 1. The van der Waals surface area contributed by atoms with Crippen molar-refractivity contribution in [3.8, 4) is 11.5 Å². The standard InChI is InChI=1S/C19H16F2N2O4/c1-11-15(10-26-17-7-6-12(20)8-16(17)21)18(23-27-11)19(24)22-13-4-3-5-14(9-13)25-2/h3-9H,10H2,1-2H3,(H,22,24). The van der Waals surface area contributed by atoms with E-state index in [1.807, 2.05) is 0 Å². The van der Waals surface area contributed by atoms with Crippen LogP contribution >= 0.6 is 0 Å². The first-order valence-electron chi connectivity index (χ1n) is 7.96. The molecule has 8 heteroatoms. The lowest BCUT2D eigenvalue weighted by Gasteiger charge is -2.09. The first-order chi connectivity index (χ1) is 13.0. The number of methoxy groups -OCH3 is 1. The number of carbonyl (C=O) groups is 1. The molecule has 0 aliphatic carbocycles. The van der Waals surface area contributed by atoms with E-state index in [9.17, 15) is 13.6 Å². The van der Waals surface area contributed by atoms with E-state index < -0.39 is 17.5 Å². The normalized spacial score (nSPS) is 10.5. The van der Waals surface area contributed by atoms with E-state index in [1.54, 1.807) is 31.2 Å². The molecule has 0 saturated heterocycles. The first kappa shape index (κ1) is 18.4. The Bertz CT molecular complexity index is 972. The van der Waals surface area contributed by atoms with Gasteiger partial charge < -0.3 is 19.3 Å². The molecule has 140 valence electrons. The highest BCUT2D eigenvalue weighted by molar-refractivity contribution is 6.04. The molecule has 0 aliphatic rings. The number of nitrogens with zero attached hydrogens (tertiary/aromatic N) is 1. The monoisotopic (exact) mass is 374 g/mol. The van der Waals surface area contributed by atoms with Crippen molar-refractivity contribution in [2.45, 2.75) is 13.5 Å². The molecule has 1 N–H and O–H groups in total. The molecule has 1 aromatic heterocycles. The van der Waals surface area contributed by atoms with Crippen LogP contribution in [-0.4, -0.2) is 18.2 Å². The van der Waals surface area contributed by atoms with Crippen LogP contribution in [0.5, 0.6) is 11.5 Å². The van der Waals surface area contributed by atoms with Gasteiger partial charge in [0, 0.05) is 17.8 Å². The summed E-state index contributed by atoms with van der Waals surface area (Å²) in [5, 5.41) is 6.43. The van der Waals surface area contributed by atoms with Gasteiger partial charge in [0.2, 0.25) is 0 Å². The lowest BCUT2D eigenvalue weighted by atomic mass is 10.2. The minimum atomic E-state index is -0.841. The third kappa shape index (κ3) is 4.22. The van der Waals surface area contributed by atoms with Gasteiger partial charge in [0.1, 0.15) is 23.9 Å². The van der Waals surface area contributed by atoms with Crippen LogP contribution < -0.4 is 14.8 Å². The van der Waals surface area contributed by atoms with Gasteiger partial charge >= 0.3 is 0 Å². The average Bonchev–Trinajstić information content (AvgIpc) is 3.02. The topological polar surface area (TPSA) is 73.6 Å². The van der Waals surface area contributed by atoms with E-state index in [0.29, 0.717) is 28.8 Å². The van der Waals surface area contributed by atoms with Crippen molar-refractivity contribution in [3.63, 3.8) is 0 Å². The summed E-state index contributed by atoms with van der Waals surface area (Å²) >= 11 is 0. The zero-order chi connectivity index (χ0) is 19.4. The second-order valence-electron chi connectivity index (χ2n) is 5.62. The molecule has 0 saturated carbocycles. The van der Waals surface area contributed by atoms with Gasteiger partial charge in [-0.25, -0.2) is 8.78 Å². The molecule has 6 nitrogen and oxygen atoms in total. The first-order valence-corrected chi connectivity index (χ1v) is 7.96. The molecule has 0 unspecified atom stereocenters. The van der Waals surface area contributed by atoms with Crippen LogP contribution in [0.25, 0.3) is 0 Å². The van der Waals surface area contributed by atoms with Gasteiger partial charge in [-0.05, 0) is 31.2 Å². The smallest absolute Gasteiger partial charge is 0.278 e. The van der Waals surface area contributed by atoms with E-state index in [0.717, 1.165) is 6.07 Å². The average molecular weight is 374 g/mol. The molecule has 3 aromatic rings. The number of rotatable bonds is 6. The fourth-order valence-corrected chi connectivity index (χ4v) is 2.37. The maximum atomic E-state index is 13.7. The molecule has 0 spiro atoms. The number of anilines is 1. The van der Waals surface area contributed by atoms with Crippen LogP contribution in [0.15, 0.2) is 47.0 Å². The molecule has 27 heavy (non-hydrogen) atoms. The number of benzene rings is 2. The highest BCUT2D eigenvalue weighted by Crippen LogP contribution is 2.23. The molecule has 0 fully saturated rings. The molecule has 0 atom stereocenters. The molecular weight excluding hydrogens is 358 g/mol. The van der Waals surface area contributed by atoms with Crippen LogP contribution in [0.4, 0.5) is 14.5 Å². The minimum absolute atomic E-state index is 0.0119. The number of ether oxygens (including phenoxy) is 2. The van der Waals surface area contributed by atoms with Crippen molar-refractivity contribution in [1.82, 2.24) is 5.16 Å². The summed E-state index contributed by atoms with van der Waals surface area (Å²) < 4.78 is 42.2. The lowest BCUT2D eigenvalue weighted by molar-refractivity contribution is 0.101. The van der Waals surface area contributed by atoms with E-state index in [2.05, 4.69) is 10.5 Å². The maximum absolute atomic E-state index is 13.7. The van der Waals surface area contributed by atoms with Crippen molar-refractivity contribution in [3.05, 3.63) is 71.1 Å². The molecule has 3 rings (SSSR count). The number of carbonyl (C=O) groups excluding carboxylic acids is 1. The van der Waals surface area contributed by atoms with E-state index in [1.165, 1.54) is 13.2 Å². The Balaban J connectivity index is 1.76. The maximum Gasteiger partial charge on any atom is 0.278 e. The van der Waals surface area contributed by atoms with Gasteiger partial charge in [-0.15, -0.1) is 0 Å². The summed E-state index contributed by atoms with van der Waals surface area (Å²) in [7, 11) is 1.52. The van der Waals surface area contributed by atoms with Crippen LogP contribution in [0.2, 0.25) is 0 Å². The van der Waals surface area contributed by atoms with Gasteiger partial charge in [-0.3, -0.25) is 4.79 Å². The predicted octanol–water partition coefficient (Wildman–Crippen LogP) is 4.10. The van der Waals surface area contributed by atoms with Crippen molar-refractivity contribution >= 4 is 11.6 Å². The van der Waals surface area contributed by atoms with Crippen LogP contribution in [0.1, 0.15) is 21.8 Å². The fourth-order valence-electron chi connectivity index (χ4n) is 2.37. The fraction of sp³-hybridized carbons (Fsp3) is 0.158. The van der Waals surface area contributed by atoms with Crippen LogP contribution in [0, 0.1) is 18.6 Å². The van der Waals surface area contributed by atoms with Gasteiger partial charge in [-0.2, -0.15) is 0 Å². The second-order valence-corrected chi connectivity index (χ2v) is 5.62. The van der Waals surface area contributed by atoms with Gasteiger partial charge in [0.05, 0.1) is 12.7 Å². The van der Waals surface area contributed by atoms with Gasteiger partial charge in [-0.1, -0.05) is 11.2 Å². The highest BCUT2D eigenvalue weighted by atomic mass is 19.1. The largest absolute Gasteiger partial charge is 0.497 e. The Hall–Kier alpha value is -3.42. The Labute approximate surface area is 153 Å². The van der Waals surface area contributed by atoms with E-state index in [-0.39, 0.29) is 18.1 Å². The minimum Gasteiger partial charge on any atom is -0.497 e. The van der Waals surface area contributed by atoms with Gasteiger partial charge in [0.15, 0.2) is 17.3 Å². The summed E-state index contributed by atoms with van der Waals surface area (Å²) in [6, 6.07) is 9.77. The van der Waals surface area contributed by atoms with Crippen molar-refractivity contribution in [2.24, 2.45) is 0 Å². The number of nitrogens with one attached hydrogen (secondary N) is 1. The number of aromatic nitrogens is 1. The molecule has 1 heterocycles. The lowest BCUT2D eigenvalue weighted by Crippen LogP contribution is -2.15. The zero-order valence-electron chi connectivity index (χ0n) is 14.6. The number of halogens is 2. The molecule has 1 amide bonds. The SMILES string of the molecule is COc1cccc(NC(=O)c2noc(C)c2COc2ccc(F)cc2F)c1. The number of aryl methyl sites for hydroxylation is 1. The molecule has 2 aromatic carbocycles. The third-order valence-corrected chi connectivity index (χ3v) is 3.79. The third-order valence-electron chi connectivity index (χ3n) is 3.79. The van der Waals surface area contributed by atoms with Crippen molar-refractivity contribution in [1.29, 1.82) is 0 Å². The van der Waals surface area contributed by atoms with Crippen molar-refractivity contribution in [2.75, 3.05) is 12.4 Å². The second kappa shape index (κ2) is 7.86. The Morgan fingerprint density at radius 3 is 2.78 bits per heavy atom. The summed E-state index contributed by atoms with van der Waals surface area (Å²) in [6.07, 6.45) is 0. The molecule has 0 bridgehead atoms. The van der Waals surface area contributed by atoms with E-state index in [4.69, 9.17) is 14.0 Å².